The highest BCUT2D eigenvalue weighted by Gasteiger charge is 2.69. The van der Waals surface area contributed by atoms with Gasteiger partial charge in [0.2, 0.25) is 5.91 Å². The molecule has 3 saturated heterocycles. The van der Waals surface area contributed by atoms with E-state index >= 15 is 0 Å². The minimum absolute atomic E-state index is 0.328. The molecule has 1 saturated carbocycles. The first kappa shape index (κ1) is 66.6. The summed E-state index contributed by atoms with van der Waals surface area (Å²) in [6.45, 7) is -0.718. The third kappa shape index (κ3) is 19.3. The summed E-state index contributed by atoms with van der Waals surface area (Å²) in [5.41, 5.74) is -1.16. The summed E-state index contributed by atoms with van der Waals surface area (Å²) in [4.78, 5) is 42.4. The van der Waals surface area contributed by atoms with Crippen molar-refractivity contribution < 1.29 is 154 Å². The van der Waals surface area contributed by atoms with Crippen molar-refractivity contribution >= 4 is 29.4 Å². The smallest absolute Gasteiger partial charge is 0.394 e. The van der Waals surface area contributed by atoms with Gasteiger partial charge >= 0.3 is 23.5 Å². The zero-order valence-corrected chi connectivity index (χ0v) is 44.3. The van der Waals surface area contributed by atoms with Crippen molar-refractivity contribution in [1.29, 1.82) is 0 Å². The van der Waals surface area contributed by atoms with Gasteiger partial charge in [-0.05, 0) is 5.92 Å². The van der Waals surface area contributed by atoms with Gasteiger partial charge in [0.1, 0.15) is 55.6 Å². The van der Waals surface area contributed by atoms with Crippen molar-refractivity contribution in [3.63, 3.8) is 0 Å². The number of nitrogens with one attached hydrogen (secondary N) is 1. The van der Waals surface area contributed by atoms with Crippen LogP contribution < -0.4 is 5.32 Å². The molecule has 3 heterocycles. The number of amides is 1. The van der Waals surface area contributed by atoms with Gasteiger partial charge < -0.3 is 113 Å². The van der Waals surface area contributed by atoms with E-state index in [1.54, 1.807) is 13.8 Å². The van der Waals surface area contributed by atoms with Gasteiger partial charge in [-0.1, -0.05) is 27.7 Å². The summed E-state index contributed by atoms with van der Waals surface area (Å²) in [5.74, 6) is -2.51. The molecule has 0 radical (unpaired) electrons. The standard InChI is InChI=1S/C39H74NO32P3/c1-20(2)39(15-57-17-67-73(51,52)64-9-6-59-36-21(3)28(45)30(47)24(12-41)70-36)34(35(39)63-19-69-75(55,56)66-10-7-60-37-22(4)29(46)31(48)25(13-42)71-37)62-16-58-18-68-74(53,54)65-11-8-61-38-27(40-23(5)44)33(50)32(49)26(14-43)72-38/h20-22,24-38,41-43,45-50H,6-19H2,1-5H3,(H,40,44)(H,51,52)(H,53,54)(H,55,56)/t21?,22?,24?,25?,26?,27?,28-,29-,30+,31+,32+,33-,34?,35?,36-,37-,38-,39?/m1/s1. The predicted molar refractivity (Wildman–Crippen MR) is 241 cm³/mol. The van der Waals surface area contributed by atoms with E-state index in [-0.39, 0.29) is 19.8 Å². The van der Waals surface area contributed by atoms with Crippen molar-refractivity contribution in [3.8, 4) is 0 Å². The fourth-order valence-electron chi connectivity index (χ4n) is 8.11. The van der Waals surface area contributed by atoms with Crippen LogP contribution in [-0.4, -0.2) is 252 Å². The molecule has 75 heavy (non-hydrogen) atoms. The Balaban J connectivity index is 1.27. The Kier molecular flexibility index (Phi) is 27.3. The highest BCUT2D eigenvalue weighted by atomic mass is 31.2. The molecule has 0 aromatic heterocycles. The lowest BCUT2D eigenvalue weighted by Gasteiger charge is -2.42. The Hall–Kier alpha value is -0.960. The van der Waals surface area contributed by atoms with Crippen LogP contribution >= 0.6 is 23.5 Å². The van der Waals surface area contributed by atoms with Gasteiger partial charge in [-0.2, -0.15) is 0 Å². The number of hydrogen-bond acceptors (Lipinski definition) is 29. The molecule has 33 nitrogen and oxygen atoms in total. The molecule has 36 heteroatoms. The zero-order valence-electron chi connectivity index (χ0n) is 41.7. The van der Waals surface area contributed by atoms with Crippen LogP contribution in [0.4, 0.5) is 0 Å². The topological polar surface area (TPSA) is 471 Å². The molecule has 21 atom stereocenters. The fourth-order valence-corrected chi connectivity index (χ4v) is 9.86. The molecule has 13 N–H and O–H groups in total. The normalized spacial score (nSPS) is 37.7. The Morgan fingerprint density at radius 3 is 1.31 bits per heavy atom. The first-order valence-electron chi connectivity index (χ1n) is 23.5. The van der Waals surface area contributed by atoms with Crippen LogP contribution in [0, 0.1) is 23.2 Å². The quantitative estimate of drug-likeness (QED) is 0.0163. The minimum atomic E-state index is -4.84. The van der Waals surface area contributed by atoms with Crippen LogP contribution in [0.5, 0.6) is 0 Å². The number of aliphatic hydroxyl groups excluding tert-OH is 9. The van der Waals surface area contributed by atoms with Gasteiger partial charge in [-0.15, -0.1) is 0 Å². The Morgan fingerprint density at radius 2 is 0.893 bits per heavy atom. The molecule has 0 aromatic rings. The first-order valence-corrected chi connectivity index (χ1v) is 28.0. The number of carbonyl (C=O) groups excluding carboxylic acids is 1. The molecule has 4 fully saturated rings. The average molecular weight is 1160 g/mol. The monoisotopic (exact) mass is 1160 g/mol. The van der Waals surface area contributed by atoms with Crippen molar-refractivity contribution in [3.05, 3.63) is 0 Å². The molecular weight excluding hydrogens is 1090 g/mol. The molecule has 442 valence electrons. The van der Waals surface area contributed by atoms with E-state index in [1.165, 1.54) is 13.8 Å². The van der Waals surface area contributed by atoms with E-state index in [0.717, 1.165) is 6.92 Å². The number of carbonyl (C=O) groups is 1. The molecule has 4 aliphatic rings. The minimum Gasteiger partial charge on any atom is -0.394 e. The summed E-state index contributed by atoms with van der Waals surface area (Å²) >= 11 is 0. The first-order chi connectivity index (χ1) is 35.3. The second-order valence-electron chi connectivity index (χ2n) is 17.9. The molecule has 0 aromatic carbocycles. The van der Waals surface area contributed by atoms with Crippen LogP contribution in [0.1, 0.15) is 34.6 Å². The number of phosphoric acid groups is 3. The van der Waals surface area contributed by atoms with Gasteiger partial charge in [0, 0.05) is 18.8 Å². The lowest BCUT2D eigenvalue weighted by atomic mass is 9.92. The third-order valence-corrected chi connectivity index (χ3v) is 15.4. The number of rotatable bonds is 35. The number of ether oxygens (including phenoxy) is 10. The van der Waals surface area contributed by atoms with E-state index in [9.17, 15) is 79.1 Å². The average Bonchev–Trinajstić information content (AvgIpc) is 3.98. The lowest BCUT2D eigenvalue weighted by Crippen LogP contribution is -2.64. The number of hydrogen-bond donors (Lipinski definition) is 13. The second kappa shape index (κ2) is 30.7. The van der Waals surface area contributed by atoms with Crippen molar-refractivity contribution in [2.45, 2.75) is 127 Å². The highest BCUT2D eigenvalue weighted by molar-refractivity contribution is 7.47. The number of phosphoric ester groups is 3. The van der Waals surface area contributed by atoms with Crippen LogP contribution in [0.2, 0.25) is 0 Å². The molecule has 0 bridgehead atoms. The van der Waals surface area contributed by atoms with Crippen LogP contribution in [0.25, 0.3) is 0 Å². The predicted octanol–water partition coefficient (Wildman–Crippen LogP) is -4.18. The molecule has 1 aliphatic carbocycles. The Morgan fingerprint density at radius 1 is 0.520 bits per heavy atom. The fraction of sp³-hybridized carbons (Fsp3) is 0.974. The van der Waals surface area contributed by atoms with E-state index in [2.05, 4.69) is 5.32 Å². The van der Waals surface area contributed by atoms with E-state index in [4.69, 9.17) is 74.5 Å². The van der Waals surface area contributed by atoms with E-state index < -0.39 is 218 Å². The van der Waals surface area contributed by atoms with E-state index in [1.807, 2.05) is 0 Å². The largest absolute Gasteiger partial charge is 0.474 e. The second-order valence-corrected chi connectivity index (χ2v) is 22.3. The zero-order chi connectivity index (χ0) is 55.9. The maximum absolute atomic E-state index is 12.7. The maximum Gasteiger partial charge on any atom is 0.474 e. The lowest BCUT2D eigenvalue weighted by molar-refractivity contribution is -0.283. The van der Waals surface area contributed by atoms with Gasteiger partial charge in [-0.25, -0.2) is 13.7 Å². The summed E-state index contributed by atoms with van der Waals surface area (Å²) < 4.78 is 122. The number of aliphatic hydroxyl groups is 9. The van der Waals surface area contributed by atoms with Gasteiger partial charge in [0.05, 0.1) is 95.9 Å². The Bertz CT molecular complexity index is 1840. The molecule has 0 spiro atoms. The van der Waals surface area contributed by atoms with Crippen molar-refractivity contribution in [2.24, 2.45) is 23.2 Å². The summed E-state index contributed by atoms with van der Waals surface area (Å²) in [6.07, 6.45) is -17.7. The third-order valence-electron chi connectivity index (χ3n) is 12.5. The van der Waals surface area contributed by atoms with Crippen molar-refractivity contribution in [2.75, 3.05) is 93.2 Å². The molecule has 4 rings (SSSR count). The molecule has 1 amide bonds. The molecule has 12 unspecified atom stereocenters. The van der Waals surface area contributed by atoms with Crippen LogP contribution in [0.15, 0.2) is 0 Å². The van der Waals surface area contributed by atoms with Gasteiger partial charge in [-0.3, -0.25) is 31.9 Å². The van der Waals surface area contributed by atoms with Crippen LogP contribution in [-0.2, 0) is 93.0 Å². The maximum atomic E-state index is 12.7. The SMILES string of the molecule is CC(=O)NC1[C@H](OCCOP(=O)(O)OCOCOC2C(OCOP(=O)(O)OCCO[C@@H]3OC(CO)[C@H](O)[C@H](O)C3C)C2(COCOP(=O)(O)OCCO[C@@H]2OC(CO)[C@H](O)[C@H](O)C2C)C(C)C)OC(CO)[C@H](O)[C@@H]1O. The summed E-state index contributed by atoms with van der Waals surface area (Å²) in [7, 11) is -14.5. The van der Waals surface area contributed by atoms with E-state index in [0.29, 0.717) is 0 Å². The highest BCUT2D eigenvalue weighted by Crippen LogP contribution is 2.57. The van der Waals surface area contributed by atoms with Gasteiger partial charge in [0.15, 0.2) is 39.2 Å². The van der Waals surface area contributed by atoms with Crippen molar-refractivity contribution in [1.82, 2.24) is 5.32 Å². The Labute approximate surface area is 430 Å². The van der Waals surface area contributed by atoms with Gasteiger partial charge in [0.25, 0.3) is 0 Å². The molecular formula is C39H74NO32P3. The van der Waals surface area contributed by atoms with Crippen LogP contribution in [0.3, 0.4) is 0 Å². The summed E-state index contributed by atoms with van der Waals surface area (Å²) in [6, 6.07) is -1.28. The summed E-state index contributed by atoms with van der Waals surface area (Å²) in [5, 5.41) is 91.8. The molecule has 3 aliphatic heterocycles.